The van der Waals surface area contributed by atoms with E-state index in [1.54, 1.807) is 37.3 Å². The largest absolute Gasteiger partial charge is 0.466 e. The van der Waals surface area contributed by atoms with E-state index in [2.05, 4.69) is 5.32 Å². The molecule has 2 aromatic rings. The van der Waals surface area contributed by atoms with Gasteiger partial charge < -0.3 is 10.1 Å². The molecule has 0 spiro atoms. The van der Waals surface area contributed by atoms with Crippen molar-refractivity contribution in [2.45, 2.75) is 13.3 Å². The lowest BCUT2D eigenvalue weighted by Crippen LogP contribution is -2.43. The monoisotopic (exact) mass is 416 g/mol. The molecule has 0 bridgehead atoms. The van der Waals surface area contributed by atoms with Gasteiger partial charge in [-0.3, -0.25) is 14.5 Å². The fourth-order valence-electron chi connectivity index (χ4n) is 3.26. The number of benzene rings is 2. The van der Waals surface area contributed by atoms with Crippen molar-refractivity contribution in [3.05, 3.63) is 70.6 Å². The molecule has 1 atom stereocenters. The van der Waals surface area contributed by atoms with Crippen LogP contribution in [0.5, 0.6) is 0 Å². The number of amides is 2. The number of para-hydroxylation sites is 1. The molecule has 0 aliphatic carbocycles. The van der Waals surface area contributed by atoms with E-state index in [1.807, 2.05) is 0 Å². The van der Waals surface area contributed by atoms with Gasteiger partial charge >= 0.3 is 5.97 Å². The van der Waals surface area contributed by atoms with Crippen LogP contribution in [0.4, 0.5) is 15.8 Å². The van der Waals surface area contributed by atoms with Crippen LogP contribution < -0.4 is 10.2 Å². The van der Waals surface area contributed by atoms with Gasteiger partial charge in [0.2, 0.25) is 11.8 Å². The zero-order valence-electron chi connectivity index (χ0n) is 15.7. The molecule has 29 heavy (non-hydrogen) atoms. The molecule has 0 saturated heterocycles. The zero-order valence-corrected chi connectivity index (χ0v) is 16.5. The van der Waals surface area contributed by atoms with E-state index < -0.39 is 23.6 Å². The molecular weight excluding hydrogens is 399 g/mol. The second kappa shape index (κ2) is 8.45. The van der Waals surface area contributed by atoms with Crippen molar-refractivity contribution in [2.75, 3.05) is 17.3 Å². The van der Waals surface area contributed by atoms with Crippen molar-refractivity contribution in [3.8, 4) is 0 Å². The van der Waals surface area contributed by atoms with Crippen LogP contribution in [0, 0.1) is 11.7 Å². The van der Waals surface area contributed by atoms with E-state index in [0.29, 0.717) is 10.7 Å². The highest BCUT2D eigenvalue weighted by Gasteiger charge is 2.40. The van der Waals surface area contributed by atoms with Gasteiger partial charge in [0.05, 0.1) is 24.3 Å². The second-order valence-corrected chi connectivity index (χ2v) is 6.86. The lowest BCUT2D eigenvalue weighted by molar-refractivity contribution is -0.138. The molecule has 1 heterocycles. The molecule has 150 valence electrons. The summed E-state index contributed by atoms with van der Waals surface area (Å²) in [6.07, 6.45) is -0.273. The number of ether oxygens (including phenoxy) is 1. The maximum Gasteiger partial charge on any atom is 0.336 e. The maximum absolute atomic E-state index is 13.9. The summed E-state index contributed by atoms with van der Waals surface area (Å²) >= 11 is 5.91. The van der Waals surface area contributed by atoms with Crippen LogP contribution in [-0.4, -0.2) is 24.9 Å². The average Bonchev–Trinajstić information content (AvgIpc) is 2.70. The number of halogens is 2. The van der Waals surface area contributed by atoms with E-state index in [-0.39, 0.29) is 29.3 Å². The van der Waals surface area contributed by atoms with Crippen molar-refractivity contribution in [3.63, 3.8) is 0 Å². The molecule has 0 radical (unpaired) electrons. The van der Waals surface area contributed by atoms with Crippen molar-refractivity contribution in [2.24, 2.45) is 5.92 Å². The van der Waals surface area contributed by atoms with Crippen molar-refractivity contribution in [1.82, 2.24) is 0 Å². The summed E-state index contributed by atoms with van der Waals surface area (Å²) in [7, 11) is 1.19. The van der Waals surface area contributed by atoms with Gasteiger partial charge in [-0.1, -0.05) is 23.7 Å². The Labute approximate surface area is 171 Å². The van der Waals surface area contributed by atoms with Crippen LogP contribution in [-0.2, 0) is 19.1 Å². The van der Waals surface area contributed by atoms with Crippen LogP contribution in [0.3, 0.4) is 0 Å². The Balaban J connectivity index is 2.01. The summed E-state index contributed by atoms with van der Waals surface area (Å²) in [4.78, 5) is 39.5. The summed E-state index contributed by atoms with van der Waals surface area (Å²) in [5, 5.41) is 2.94. The highest BCUT2D eigenvalue weighted by atomic mass is 35.5. The number of nitrogens with zero attached hydrogens (tertiary/aromatic N) is 1. The van der Waals surface area contributed by atoms with E-state index in [9.17, 15) is 18.8 Å². The number of methoxy groups -OCH3 is 1. The van der Waals surface area contributed by atoms with Gasteiger partial charge in [-0.25, -0.2) is 9.18 Å². The van der Waals surface area contributed by atoms with Crippen LogP contribution in [0.15, 0.2) is 59.8 Å². The fourth-order valence-corrected chi connectivity index (χ4v) is 3.39. The Hall–Kier alpha value is -3.19. The number of hydrogen-bond acceptors (Lipinski definition) is 4. The van der Waals surface area contributed by atoms with E-state index in [0.717, 1.165) is 0 Å². The van der Waals surface area contributed by atoms with Gasteiger partial charge in [-0.05, 0) is 43.3 Å². The van der Waals surface area contributed by atoms with Gasteiger partial charge in [0.15, 0.2) is 0 Å². The van der Waals surface area contributed by atoms with Crippen molar-refractivity contribution in [1.29, 1.82) is 0 Å². The van der Waals surface area contributed by atoms with Crippen LogP contribution >= 0.6 is 11.6 Å². The minimum absolute atomic E-state index is 0.0352. The average molecular weight is 417 g/mol. The topological polar surface area (TPSA) is 75.7 Å². The molecular formula is C21H18ClFN2O4. The standard InChI is InChI=1S/C21H18ClFN2O4/c1-12-19(21(28)29-2)15(20(27)24-17-6-4-3-5-16(17)23)11-18(26)25(12)14-9-7-13(22)8-10-14/h3-10,15H,11H2,1-2H3,(H,24,27)/t15-/m1/s1. The molecule has 3 rings (SSSR count). The number of allylic oxidation sites excluding steroid dienone is 1. The van der Waals surface area contributed by atoms with Gasteiger partial charge in [-0.15, -0.1) is 0 Å². The molecule has 0 unspecified atom stereocenters. The first-order valence-electron chi connectivity index (χ1n) is 8.76. The summed E-state index contributed by atoms with van der Waals surface area (Å²) in [6, 6.07) is 12.2. The summed E-state index contributed by atoms with van der Waals surface area (Å²) < 4.78 is 18.7. The normalized spacial score (nSPS) is 16.6. The van der Waals surface area contributed by atoms with E-state index in [4.69, 9.17) is 16.3 Å². The lowest BCUT2D eigenvalue weighted by atomic mass is 9.88. The quantitative estimate of drug-likeness (QED) is 0.766. The van der Waals surface area contributed by atoms with Crippen molar-refractivity contribution < 1.29 is 23.5 Å². The molecule has 8 heteroatoms. The Bertz CT molecular complexity index is 1000. The number of carbonyl (C=O) groups excluding carboxylic acids is 3. The van der Waals surface area contributed by atoms with E-state index in [1.165, 1.54) is 30.2 Å². The number of nitrogens with one attached hydrogen (secondary N) is 1. The third-order valence-corrected chi connectivity index (χ3v) is 4.89. The zero-order chi connectivity index (χ0) is 21.1. The summed E-state index contributed by atoms with van der Waals surface area (Å²) in [5.74, 6) is -3.52. The van der Waals surface area contributed by atoms with Crippen LogP contribution in [0.1, 0.15) is 13.3 Å². The second-order valence-electron chi connectivity index (χ2n) is 6.42. The molecule has 2 amide bonds. The highest BCUT2D eigenvalue weighted by Crippen LogP contribution is 2.34. The highest BCUT2D eigenvalue weighted by molar-refractivity contribution is 6.30. The minimum atomic E-state index is -1.11. The smallest absolute Gasteiger partial charge is 0.336 e. The first-order valence-corrected chi connectivity index (χ1v) is 9.14. The molecule has 6 nitrogen and oxygen atoms in total. The Morgan fingerprint density at radius 2 is 1.83 bits per heavy atom. The summed E-state index contributed by atoms with van der Waals surface area (Å²) in [6.45, 7) is 1.56. The first-order chi connectivity index (χ1) is 13.8. The Kier molecular flexibility index (Phi) is 5.98. The molecule has 2 aromatic carbocycles. The van der Waals surface area contributed by atoms with Gasteiger partial charge in [-0.2, -0.15) is 0 Å². The third-order valence-electron chi connectivity index (χ3n) is 4.64. The number of carbonyl (C=O) groups is 3. The SMILES string of the molecule is COC(=O)C1=C(C)N(c2ccc(Cl)cc2)C(=O)C[C@H]1C(=O)Nc1ccccc1F. The maximum atomic E-state index is 13.9. The van der Waals surface area contributed by atoms with Gasteiger partial charge in [0.25, 0.3) is 0 Å². The first kappa shape index (κ1) is 20.5. The van der Waals surface area contributed by atoms with Gasteiger partial charge in [0, 0.05) is 22.8 Å². The molecule has 0 fully saturated rings. The van der Waals surface area contributed by atoms with Gasteiger partial charge in [0.1, 0.15) is 5.82 Å². The number of rotatable bonds is 4. The molecule has 0 saturated carbocycles. The molecule has 1 aliphatic rings. The lowest BCUT2D eigenvalue weighted by Gasteiger charge is -2.33. The third kappa shape index (κ3) is 4.14. The molecule has 1 N–H and O–H groups in total. The van der Waals surface area contributed by atoms with Crippen molar-refractivity contribution >= 4 is 40.8 Å². The molecule has 1 aliphatic heterocycles. The van der Waals surface area contributed by atoms with Crippen LogP contribution in [0.25, 0.3) is 0 Å². The minimum Gasteiger partial charge on any atom is -0.466 e. The Morgan fingerprint density at radius 3 is 2.45 bits per heavy atom. The molecule has 0 aromatic heterocycles. The predicted octanol–water partition coefficient (Wildman–Crippen LogP) is 3.92. The number of anilines is 2. The number of esters is 1. The fraction of sp³-hybridized carbons (Fsp3) is 0.190. The Morgan fingerprint density at radius 1 is 1.17 bits per heavy atom. The summed E-state index contributed by atoms with van der Waals surface area (Å²) in [5.41, 5.74) is 0.776. The van der Waals surface area contributed by atoms with Crippen LogP contribution in [0.2, 0.25) is 5.02 Å². The van der Waals surface area contributed by atoms with E-state index >= 15 is 0 Å². The predicted molar refractivity (Wildman–Crippen MR) is 107 cm³/mol. The number of hydrogen-bond donors (Lipinski definition) is 1.